The quantitative estimate of drug-likeness (QED) is 0.454. The zero-order valence-corrected chi connectivity index (χ0v) is 20.8. The summed E-state index contributed by atoms with van der Waals surface area (Å²) in [6.07, 6.45) is 1.05. The summed E-state index contributed by atoms with van der Waals surface area (Å²) < 4.78 is 29.1. The molecule has 2 aromatic carbocycles. The minimum absolute atomic E-state index is 0.150. The van der Waals surface area contributed by atoms with Crippen molar-refractivity contribution in [2.45, 2.75) is 42.1 Å². The monoisotopic (exact) mass is 509 g/mol. The van der Waals surface area contributed by atoms with Gasteiger partial charge in [-0.1, -0.05) is 54.6 Å². The molecule has 2 aliphatic rings. The number of anilines is 1. The molecule has 0 spiro atoms. The molecular formula is C26H27N3O4S2. The molecule has 35 heavy (non-hydrogen) atoms. The van der Waals surface area contributed by atoms with Crippen molar-refractivity contribution in [3.8, 4) is 0 Å². The zero-order chi connectivity index (χ0) is 24.4. The Morgan fingerprint density at radius 3 is 2.17 bits per heavy atom. The lowest BCUT2D eigenvalue weighted by molar-refractivity contribution is -0.122. The molecule has 0 aliphatic carbocycles. The van der Waals surface area contributed by atoms with Crippen LogP contribution in [0.1, 0.15) is 24.8 Å². The second-order valence-corrected chi connectivity index (χ2v) is 11.9. The Kier molecular flexibility index (Phi) is 6.84. The van der Waals surface area contributed by atoms with Crippen LogP contribution >= 0.6 is 11.3 Å². The maximum absolute atomic E-state index is 13.8. The van der Waals surface area contributed by atoms with Gasteiger partial charge in [0.2, 0.25) is 5.91 Å². The average molecular weight is 510 g/mol. The Morgan fingerprint density at radius 1 is 0.886 bits per heavy atom. The number of likely N-dealkylation sites (tertiary alicyclic amines) is 1. The number of rotatable bonds is 7. The zero-order valence-electron chi connectivity index (χ0n) is 19.2. The fraction of sp³-hybridized carbons (Fsp3) is 0.308. The molecular weight excluding hydrogens is 482 g/mol. The maximum Gasteiger partial charge on any atom is 0.253 e. The summed E-state index contributed by atoms with van der Waals surface area (Å²) in [5, 5.41) is 1.71. The first kappa shape index (κ1) is 23.9. The largest absolute Gasteiger partial charge is 0.299 e. The third kappa shape index (κ3) is 4.81. The van der Waals surface area contributed by atoms with Crippen molar-refractivity contribution < 1.29 is 18.0 Å². The van der Waals surface area contributed by atoms with Gasteiger partial charge in [0.15, 0.2) is 0 Å². The highest BCUT2D eigenvalue weighted by Gasteiger charge is 2.50. The van der Waals surface area contributed by atoms with Crippen LogP contribution in [0.15, 0.2) is 82.4 Å². The molecule has 1 atom stereocenters. The van der Waals surface area contributed by atoms with Crippen molar-refractivity contribution in [3.05, 3.63) is 83.7 Å². The second-order valence-electron chi connectivity index (χ2n) is 8.88. The molecule has 3 aromatic rings. The molecule has 0 saturated carbocycles. The first-order chi connectivity index (χ1) is 16.9. The van der Waals surface area contributed by atoms with Crippen LogP contribution in [0.25, 0.3) is 0 Å². The normalized spacial score (nSPS) is 20.1. The van der Waals surface area contributed by atoms with Crippen molar-refractivity contribution in [2.24, 2.45) is 0 Å². The van der Waals surface area contributed by atoms with Crippen LogP contribution < -0.4 is 4.90 Å². The fourth-order valence-electron chi connectivity index (χ4n) is 4.97. The van der Waals surface area contributed by atoms with Gasteiger partial charge in [-0.2, -0.15) is 4.31 Å². The van der Waals surface area contributed by atoms with Gasteiger partial charge >= 0.3 is 0 Å². The average Bonchev–Trinajstić information content (AvgIpc) is 3.51. The molecule has 5 rings (SSSR count). The van der Waals surface area contributed by atoms with E-state index < -0.39 is 22.0 Å². The van der Waals surface area contributed by atoms with E-state index in [0.717, 1.165) is 22.8 Å². The Morgan fingerprint density at radius 2 is 1.54 bits per heavy atom. The highest BCUT2D eigenvalue weighted by atomic mass is 32.2. The summed E-state index contributed by atoms with van der Waals surface area (Å²) in [5.41, 5.74) is 1.68. The number of nitrogens with zero attached hydrogens (tertiary/aromatic N) is 3. The summed E-state index contributed by atoms with van der Waals surface area (Å²) in [6.45, 7) is 2.23. The van der Waals surface area contributed by atoms with Gasteiger partial charge in [-0.25, -0.2) is 13.3 Å². The molecule has 2 aliphatic heterocycles. The summed E-state index contributed by atoms with van der Waals surface area (Å²) >= 11 is 1.13. The summed E-state index contributed by atoms with van der Waals surface area (Å²) in [4.78, 5) is 29.9. The van der Waals surface area contributed by atoms with Gasteiger partial charge in [0, 0.05) is 25.7 Å². The van der Waals surface area contributed by atoms with Crippen LogP contribution in [0.3, 0.4) is 0 Å². The van der Waals surface area contributed by atoms with E-state index in [9.17, 15) is 18.0 Å². The van der Waals surface area contributed by atoms with Crippen LogP contribution in [0, 0.1) is 0 Å². The number of hydrogen-bond donors (Lipinski definition) is 0. The van der Waals surface area contributed by atoms with Gasteiger partial charge in [0.1, 0.15) is 10.3 Å². The molecule has 0 bridgehead atoms. The molecule has 2 saturated heterocycles. The van der Waals surface area contributed by atoms with Crippen molar-refractivity contribution in [2.75, 3.05) is 18.0 Å². The van der Waals surface area contributed by atoms with Crippen molar-refractivity contribution in [1.82, 2.24) is 9.21 Å². The van der Waals surface area contributed by atoms with Crippen LogP contribution in [0.2, 0.25) is 0 Å². The predicted octanol–water partition coefficient (Wildman–Crippen LogP) is 3.74. The number of benzene rings is 2. The molecule has 2 fully saturated rings. The lowest BCUT2D eigenvalue weighted by atomic mass is 10.0. The first-order valence-electron chi connectivity index (χ1n) is 11.7. The Balaban J connectivity index is 1.41. The number of para-hydroxylation sites is 1. The highest BCUT2D eigenvalue weighted by Crippen LogP contribution is 2.34. The highest BCUT2D eigenvalue weighted by molar-refractivity contribution is 7.91. The number of carbonyl (C=O) groups excluding carboxylic acids is 2. The van der Waals surface area contributed by atoms with E-state index in [1.54, 1.807) is 41.8 Å². The third-order valence-electron chi connectivity index (χ3n) is 6.64. The van der Waals surface area contributed by atoms with Gasteiger partial charge in [0.05, 0.1) is 12.1 Å². The van der Waals surface area contributed by atoms with Crippen LogP contribution in [0.5, 0.6) is 0 Å². The summed E-state index contributed by atoms with van der Waals surface area (Å²) in [5.74, 6) is -0.855. The van der Waals surface area contributed by atoms with E-state index in [-0.39, 0.29) is 22.6 Å². The summed E-state index contributed by atoms with van der Waals surface area (Å²) in [7, 11) is -3.95. The Bertz CT molecular complexity index is 1270. The Hall–Kier alpha value is -2.85. The maximum atomic E-state index is 13.8. The molecule has 2 amide bonds. The number of imide groups is 1. The molecule has 7 nitrogen and oxygen atoms in total. The number of piperidine rings is 1. The van der Waals surface area contributed by atoms with Gasteiger partial charge < -0.3 is 0 Å². The van der Waals surface area contributed by atoms with Crippen LogP contribution in [-0.4, -0.2) is 54.6 Å². The predicted molar refractivity (Wildman–Crippen MR) is 135 cm³/mol. The first-order valence-corrected chi connectivity index (χ1v) is 14.0. The summed E-state index contributed by atoms with van der Waals surface area (Å²) in [6, 6.07) is 20.7. The SMILES string of the molecule is O=C1CC(N(C2CCN(Cc3ccccc3)CC2)S(=O)(=O)c2cccs2)C(=O)N1c1ccccc1. The molecule has 0 N–H and O–H groups in total. The molecule has 1 aromatic heterocycles. The van der Waals surface area contributed by atoms with Gasteiger partial charge in [0.25, 0.3) is 15.9 Å². The van der Waals surface area contributed by atoms with E-state index in [4.69, 9.17) is 0 Å². The van der Waals surface area contributed by atoms with Crippen molar-refractivity contribution >= 4 is 38.9 Å². The number of thiophene rings is 1. The van der Waals surface area contributed by atoms with E-state index in [1.807, 2.05) is 24.3 Å². The number of carbonyl (C=O) groups is 2. The number of sulfonamides is 1. The number of hydrogen-bond acceptors (Lipinski definition) is 6. The minimum Gasteiger partial charge on any atom is -0.299 e. The van der Waals surface area contributed by atoms with E-state index >= 15 is 0 Å². The number of amides is 2. The van der Waals surface area contributed by atoms with E-state index in [0.29, 0.717) is 31.6 Å². The molecule has 3 heterocycles. The topological polar surface area (TPSA) is 78.0 Å². The van der Waals surface area contributed by atoms with Gasteiger partial charge in [-0.3, -0.25) is 14.5 Å². The molecule has 0 radical (unpaired) electrons. The van der Waals surface area contributed by atoms with E-state index in [1.165, 1.54) is 9.87 Å². The smallest absolute Gasteiger partial charge is 0.253 e. The Labute approximate surface area is 209 Å². The second kappa shape index (κ2) is 10.0. The van der Waals surface area contributed by atoms with Crippen molar-refractivity contribution in [1.29, 1.82) is 0 Å². The lowest BCUT2D eigenvalue weighted by Crippen LogP contribution is -2.53. The van der Waals surface area contributed by atoms with Crippen LogP contribution in [-0.2, 0) is 26.2 Å². The molecule has 9 heteroatoms. The van der Waals surface area contributed by atoms with Crippen molar-refractivity contribution in [3.63, 3.8) is 0 Å². The third-order valence-corrected chi connectivity index (χ3v) is 9.97. The fourth-order valence-corrected chi connectivity index (χ4v) is 7.89. The molecule has 182 valence electrons. The van der Waals surface area contributed by atoms with E-state index in [2.05, 4.69) is 17.0 Å². The van der Waals surface area contributed by atoms with Gasteiger partial charge in [-0.05, 0) is 42.0 Å². The van der Waals surface area contributed by atoms with Crippen LogP contribution in [0.4, 0.5) is 5.69 Å². The molecule has 1 unspecified atom stereocenters. The standard InChI is InChI=1S/C26H27N3O4S2/c30-24-18-23(26(31)28(24)21-10-5-2-6-11-21)29(35(32,33)25-12-7-17-34-25)22-13-15-27(16-14-22)19-20-8-3-1-4-9-20/h1-12,17,22-23H,13-16,18-19H2. The lowest BCUT2D eigenvalue weighted by Gasteiger charge is -2.39. The van der Waals surface area contributed by atoms with Gasteiger partial charge in [-0.15, -0.1) is 11.3 Å². The minimum atomic E-state index is -3.95.